The molecule has 1 unspecified atom stereocenters. The average Bonchev–Trinajstić information content (AvgIpc) is 2.87. The van der Waals surface area contributed by atoms with Gasteiger partial charge in [-0.3, -0.25) is 0 Å². The van der Waals surface area contributed by atoms with Gasteiger partial charge in [-0.05, 0) is 6.92 Å². The zero-order valence-corrected chi connectivity index (χ0v) is 10.0. The predicted octanol–water partition coefficient (Wildman–Crippen LogP) is 0.886. The molecule has 0 bridgehead atoms. The van der Waals surface area contributed by atoms with Gasteiger partial charge in [0.15, 0.2) is 5.82 Å². The van der Waals surface area contributed by atoms with E-state index in [4.69, 9.17) is 4.52 Å². The largest absolute Gasteiger partial charge is 0.387 e. The van der Waals surface area contributed by atoms with Crippen LogP contribution in [0.3, 0.4) is 0 Å². The first kappa shape index (κ1) is 11.7. The molecule has 0 spiro atoms. The molecule has 7 nitrogen and oxygen atoms in total. The number of nitrogens with zero attached hydrogens (tertiary/aromatic N) is 5. The molecule has 0 radical (unpaired) electrons. The third-order valence-corrected chi connectivity index (χ3v) is 2.28. The lowest BCUT2D eigenvalue weighted by molar-refractivity contribution is 0.194. The highest BCUT2D eigenvalue weighted by atomic mass is 16.5. The van der Waals surface area contributed by atoms with E-state index in [9.17, 15) is 5.11 Å². The molecule has 0 aliphatic rings. The van der Waals surface area contributed by atoms with Crippen molar-refractivity contribution in [2.45, 2.75) is 39.3 Å². The number of aliphatic hydroxyl groups excluding tert-OH is 1. The van der Waals surface area contributed by atoms with Crippen molar-refractivity contribution in [1.29, 1.82) is 0 Å². The maximum absolute atomic E-state index is 9.31. The molecule has 0 aliphatic heterocycles. The van der Waals surface area contributed by atoms with Gasteiger partial charge in [0.2, 0.25) is 5.89 Å². The van der Waals surface area contributed by atoms with Gasteiger partial charge in [-0.15, -0.1) is 5.10 Å². The Morgan fingerprint density at radius 1 is 1.41 bits per heavy atom. The van der Waals surface area contributed by atoms with Gasteiger partial charge in [-0.2, -0.15) is 4.98 Å². The molecule has 1 N–H and O–H groups in total. The molecule has 0 amide bonds. The van der Waals surface area contributed by atoms with Gasteiger partial charge >= 0.3 is 0 Å². The minimum Gasteiger partial charge on any atom is -0.387 e. The van der Waals surface area contributed by atoms with Crippen LogP contribution in [0.25, 0.3) is 0 Å². The van der Waals surface area contributed by atoms with Gasteiger partial charge in [-0.25, -0.2) is 4.68 Å². The molecule has 0 saturated carbocycles. The molecule has 2 rings (SSSR count). The first-order valence-corrected chi connectivity index (χ1v) is 5.47. The van der Waals surface area contributed by atoms with Crippen LogP contribution >= 0.6 is 0 Å². The van der Waals surface area contributed by atoms with E-state index in [0.29, 0.717) is 24.0 Å². The monoisotopic (exact) mass is 237 g/mol. The standard InChI is InChI=1S/C10H15N5O2/c1-6(2)10-11-9(17-13-10)5-15-4-8(7(3)16)12-14-15/h4,6-7,16H,5H2,1-3H3. The number of aliphatic hydroxyl groups is 1. The van der Waals surface area contributed by atoms with Crippen molar-refractivity contribution in [3.63, 3.8) is 0 Å². The van der Waals surface area contributed by atoms with Crippen LogP contribution in [0.4, 0.5) is 0 Å². The lowest BCUT2D eigenvalue weighted by Crippen LogP contribution is -2.01. The normalized spacial score (nSPS) is 13.2. The van der Waals surface area contributed by atoms with Crippen LogP contribution < -0.4 is 0 Å². The minimum atomic E-state index is -0.627. The summed E-state index contributed by atoms with van der Waals surface area (Å²) in [5.74, 6) is 1.39. The summed E-state index contributed by atoms with van der Waals surface area (Å²) in [6, 6.07) is 0. The van der Waals surface area contributed by atoms with Gasteiger partial charge < -0.3 is 9.63 Å². The van der Waals surface area contributed by atoms with Crippen molar-refractivity contribution in [1.82, 2.24) is 25.1 Å². The van der Waals surface area contributed by atoms with Crippen LogP contribution in [0.1, 0.15) is 50.2 Å². The Balaban J connectivity index is 2.08. The fourth-order valence-corrected chi connectivity index (χ4v) is 1.29. The molecule has 2 aromatic heterocycles. The second kappa shape index (κ2) is 4.62. The Labute approximate surface area is 98.5 Å². The summed E-state index contributed by atoms with van der Waals surface area (Å²) in [6.45, 7) is 5.99. The Morgan fingerprint density at radius 3 is 2.71 bits per heavy atom. The van der Waals surface area contributed by atoms with Crippen molar-refractivity contribution in [3.05, 3.63) is 23.6 Å². The Kier molecular flexibility index (Phi) is 3.19. The van der Waals surface area contributed by atoms with Crippen molar-refractivity contribution in [3.8, 4) is 0 Å². The van der Waals surface area contributed by atoms with Gasteiger partial charge in [0, 0.05) is 5.92 Å². The summed E-state index contributed by atoms with van der Waals surface area (Å²) >= 11 is 0. The quantitative estimate of drug-likeness (QED) is 0.849. The van der Waals surface area contributed by atoms with Crippen molar-refractivity contribution in [2.75, 3.05) is 0 Å². The van der Waals surface area contributed by atoms with E-state index < -0.39 is 6.10 Å². The van der Waals surface area contributed by atoms with Gasteiger partial charge in [0.1, 0.15) is 12.2 Å². The van der Waals surface area contributed by atoms with E-state index in [-0.39, 0.29) is 5.92 Å². The second-order valence-corrected chi connectivity index (χ2v) is 4.22. The first-order chi connectivity index (χ1) is 8.06. The average molecular weight is 237 g/mol. The highest BCUT2D eigenvalue weighted by Gasteiger charge is 2.12. The van der Waals surface area contributed by atoms with Crippen molar-refractivity contribution in [2.24, 2.45) is 0 Å². The van der Waals surface area contributed by atoms with Crippen LogP contribution in [0.15, 0.2) is 10.7 Å². The lowest BCUT2D eigenvalue weighted by Gasteiger charge is -1.95. The third kappa shape index (κ3) is 2.68. The summed E-state index contributed by atoms with van der Waals surface area (Å²) in [5, 5.41) is 20.9. The third-order valence-electron chi connectivity index (χ3n) is 2.28. The molecule has 1 atom stereocenters. The summed E-state index contributed by atoms with van der Waals surface area (Å²) in [6.07, 6.45) is 1.03. The van der Waals surface area contributed by atoms with Crippen LogP contribution in [-0.4, -0.2) is 30.2 Å². The van der Waals surface area contributed by atoms with Crippen molar-refractivity contribution >= 4 is 0 Å². The molecular formula is C10H15N5O2. The van der Waals surface area contributed by atoms with Gasteiger partial charge in [0.25, 0.3) is 0 Å². The Morgan fingerprint density at radius 2 is 2.18 bits per heavy atom. The fourth-order valence-electron chi connectivity index (χ4n) is 1.29. The van der Waals surface area contributed by atoms with Crippen LogP contribution in [-0.2, 0) is 6.54 Å². The number of aromatic nitrogens is 5. The highest BCUT2D eigenvalue weighted by Crippen LogP contribution is 2.11. The second-order valence-electron chi connectivity index (χ2n) is 4.22. The summed E-state index contributed by atoms with van der Waals surface area (Å²) in [5.41, 5.74) is 0.522. The van der Waals surface area contributed by atoms with Gasteiger partial charge in [0.05, 0.1) is 12.3 Å². The number of rotatable bonds is 4. The fraction of sp³-hybridized carbons (Fsp3) is 0.600. The summed E-state index contributed by atoms with van der Waals surface area (Å²) in [7, 11) is 0. The topological polar surface area (TPSA) is 89.9 Å². The SMILES string of the molecule is CC(C)c1noc(Cn2cc(C(C)O)nn2)n1. The van der Waals surface area contributed by atoms with Gasteiger partial charge in [-0.1, -0.05) is 24.2 Å². The molecule has 0 aromatic carbocycles. The number of hydrogen-bond acceptors (Lipinski definition) is 6. The lowest BCUT2D eigenvalue weighted by atomic mass is 10.2. The zero-order chi connectivity index (χ0) is 12.4. The molecular weight excluding hydrogens is 222 g/mol. The highest BCUT2D eigenvalue weighted by molar-refractivity contribution is 4.97. The predicted molar refractivity (Wildman–Crippen MR) is 58.1 cm³/mol. The Hall–Kier alpha value is -1.76. The van der Waals surface area contributed by atoms with Crippen molar-refractivity contribution < 1.29 is 9.63 Å². The van der Waals surface area contributed by atoms with E-state index in [1.54, 1.807) is 17.8 Å². The molecule has 0 saturated heterocycles. The smallest absolute Gasteiger partial charge is 0.248 e. The molecule has 7 heteroatoms. The summed E-state index contributed by atoms with van der Waals surface area (Å²) in [4.78, 5) is 4.23. The van der Waals surface area contributed by atoms with E-state index in [1.807, 2.05) is 13.8 Å². The first-order valence-electron chi connectivity index (χ1n) is 5.47. The van der Waals surface area contributed by atoms with E-state index in [0.717, 1.165) is 0 Å². The van der Waals surface area contributed by atoms with Crippen LogP contribution in [0.5, 0.6) is 0 Å². The molecule has 92 valence electrons. The number of hydrogen-bond donors (Lipinski definition) is 1. The van der Waals surface area contributed by atoms with E-state index in [2.05, 4.69) is 20.5 Å². The Bertz CT molecular complexity index is 444. The van der Waals surface area contributed by atoms with E-state index in [1.165, 1.54) is 0 Å². The molecule has 17 heavy (non-hydrogen) atoms. The molecule has 0 fully saturated rings. The van der Waals surface area contributed by atoms with Crippen LogP contribution in [0, 0.1) is 0 Å². The maximum Gasteiger partial charge on any atom is 0.248 e. The summed E-state index contributed by atoms with van der Waals surface area (Å²) < 4.78 is 6.64. The zero-order valence-electron chi connectivity index (χ0n) is 10.0. The minimum absolute atomic E-state index is 0.233. The van der Waals surface area contributed by atoms with E-state index >= 15 is 0 Å². The molecule has 0 aliphatic carbocycles. The molecule has 2 aromatic rings. The van der Waals surface area contributed by atoms with Crippen LogP contribution in [0.2, 0.25) is 0 Å². The maximum atomic E-state index is 9.31. The molecule has 2 heterocycles.